The fraction of sp³-hybridized carbons (Fsp3) is 0.560. The molecule has 2 amide bonds. The highest BCUT2D eigenvalue weighted by molar-refractivity contribution is 8.01. The van der Waals surface area contributed by atoms with Gasteiger partial charge in [-0.2, -0.15) is 0 Å². The minimum atomic E-state index is -0.827. The van der Waals surface area contributed by atoms with Crippen LogP contribution in [0.5, 0.6) is 5.75 Å². The maximum atomic E-state index is 13.3. The van der Waals surface area contributed by atoms with Crippen LogP contribution in [-0.2, 0) is 11.2 Å². The van der Waals surface area contributed by atoms with E-state index >= 15 is 0 Å². The molecule has 2 aromatic rings. The van der Waals surface area contributed by atoms with Crippen LogP contribution in [0.3, 0.4) is 0 Å². The molecule has 1 aromatic heterocycles. The average molecular weight is 506 g/mol. The number of ether oxygens (including phenoxy) is 1. The van der Waals surface area contributed by atoms with Crippen molar-refractivity contribution < 1.29 is 19.4 Å². The lowest BCUT2D eigenvalue weighted by atomic mass is 9.86. The summed E-state index contributed by atoms with van der Waals surface area (Å²) in [6.07, 6.45) is 6.77. The largest absolute Gasteiger partial charge is 0.497 e. The van der Waals surface area contributed by atoms with E-state index in [-0.39, 0.29) is 12.1 Å². The molecule has 1 aliphatic rings. The van der Waals surface area contributed by atoms with Crippen LogP contribution in [0.15, 0.2) is 34.7 Å². The molecule has 1 aliphatic carbocycles. The predicted molar refractivity (Wildman–Crippen MR) is 138 cm³/mol. The number of carbonyl (C=O) groups is 2. The molecule has 1 heterocycles. The second kappa shape index (κ2) is 11.9. The molecule has 1 saturated carbocycles. The second-order valence-electron chi connectivity index (χ2n) is 9.60. The smallest absolute Gasteiger partial charge is 0.323 e. The number of carboxylic acid groups (broad SMARTS) is 1. The van der Waals surface area contributed by atoms with Gasteiger partial charge in [-0.05, 0) is 69.6 Å². The van der Waals surface area contributed by atoms with Crippen molar-refractivity contribution in [2.75, 3.05) is 24.7 Å². The predicted octanol–water partition coefficient (Wildman–Crippen LogP) is 6.01. The topological polar surface area (TPSA) is 91.8 Å². The summed E-state index contributed by atoms with van der Waals surface area (Å²) in [5.74, 6) is 1.14. The number of carbonyl (C=O) groups excluding carboxylic acids is 1. The monoisotopic (exact) mass is 505 g/mol. The molecule has 0 aliphatic heterocycles. The highest BCUT2D eigenvalue weighted by atomic mass is 32.2. The van der Waals surface area contributed by atoms with Crippen molar-refractivity contribution in [2.45, 2.75) is 63.1 Å². The van der Waals surface area contributed by atoms with Crippen LogP contribution >= 0.6 is 23.1 Å². The molecule has 0 spiro atoms. The van der Waals surface area contributed by atoms with Crippen molar-refractivity contribution in [3.8, 4) is 5.75 Å². The van der Waals surface area contributed by atoms with Crippen LogP contribution in [0.1, 0.15) is 52.0 Å². The molecular weight excluding hydrogens is 470 g/mol. The number of thiazole rings is 1. The molecular formula is C25H35N3O4S2. The first kappa shape index (κ1) is 26.3. The summed E-state index contributed by atoms with van der Waals surface area (Å²) in [7, 11) is 1.65. The summed E-state index contributed by atoms with van der Waals surface area (Å²) in [6.45, 7) is 6.32. The zero-order valence-electron chi connectivity index (χ0n) is 20.4. The van der Waals surface area contributed by atoms with E-state index in [2.05, 4.69) is 17.2 Å². The lowest BCUT2D eigenvalue weighted by Gasteiger charge is -2.36. The number of methoxy groups -OCH3 is 1. The molecule has 2 N–H and O–H groups in total. The Morgan fingerprint density at radius 3 is 2.53 bits per heavy atom. The summed E-state index contributed by atoms with van der Waals surface area (Å²) < 4.78 is 6.13. The van der Waals surface area contributed by atoms with Crippen molar-refractivity contribution in [3.05, 3.63) is 36.0 Å². The quantitative estimate of drug-likeness (QED) is 0.384. The van der Waals surface area contributed by atoms with E-state index in [1.165, 1.54) is 23.1 Å². The summed E-state index contributed by atoms with van der Waals surface area (Å²) in [5, 5.41) is 12.8. The van der Waals surface area contributed by atoms with Crippen LogP contribution in [0.2, 0.25) is 0 Å². The Labute approximate surface area is 210 Å². The van der Waals surface area contributed by atoms with Gasteiger partial charge in [0.05, 0.1) is 22.9 Å². The van der Waals surface area contributed by atoms with E-state index in [0.717, 1.165) is 47.6 Å². The van der Waals surface area contributed by atoms with E-state index in [9.17, 15) is 14.7 Å². The van der Waals surface area contributed by atoms with Gasteiger partial charge in [-0.1, -0.05) is 30.4 Å². The van der Waals surface area contributed by atoms with E-state index in [1.807, 2.05) is 29.2 Å². The molecule has 0 bridgehead atoms. The molecule has 3 rings (SSSR count). The number of carboxylic acids is 1. The van der Waals surface area contributed by atoms with Crippen LogP contribution < -0.4 is 10.1 Å². The molecule has 0 unspecified atom stereocenters. The second-order valence-corrected chi connectivity index (χ2v) is 11.9. The van der Waals surface area contributed by atoms with E-state index in [1.54, 1.807) is 27.2 Å². The Morgan fingerprint density at radius 2 is 1.91 bits per heavy atom. The SMILES string of the molecule is COc1ccc(CCN(C(=O)Nc2ncc(SCC(C)(C)C(=O)O)s2)[C@H]2CC[C@H](C)CC2)cc1. The number of thioether (sulfide) groups is 1. The first-order chi connectivity index (χ1) is 16.2. The van der Waals surface area contributed by atoms with Crippen molar-refractivity contribution in [2.24, 2.45) is 11.3 Å². The van der Waals surface area contributed by atoms with Gasteiger partial charge in [-0.25, -0.2) is 9.78 Å². The summed E-state index contributed by atoms with van der Waals surface area (Å²) in [5.41, 5.74) is 0.339. The average Bonchev–Trinajstić information content (AvgIpc) is 3.26. The Morgan fingerprint density at radius 1 is 1.24 bits per heavy atom. The molecule has 7 nitrogen and oxygen atoms in total. The normalized spacial score (nSPS) is 18.4. The van der Waals surface area contributed by atoms with E-state index < -0.39 is 11.4 Å². The fourth-order valence-corrected chi connectivity index (χ4v) is 5.85. The van der Waals surface area contributed by atoms with Gasteiger partial charge < -0.3 is 14.7 Å². The third-order valence-electron chi connectivity index (χ3n) is 6.34. The highest BCUT2D eigenvalue weighted by Gasteiger charge is 2.29. The van der Waals surface area contributed by atoms with Gasteiger partial charge in [-0.3, -0.25) is 10.1 Å². The standard InChI is InChI=1S/C25H35N3O4S2/c1-17-5-9-19(10-6-17)28(14-13-18-7-11-20(32-4)12-8-18)24(31)27-23-26-15-21(34-23)33-16-25(2,3)22(29)30/h7-8,11-12,15,17,19H,5-6,9-10,13-14,16H2,1-4H3,(H,29,30)(H,26,27,31)/t17-,19-. The molecule has 186 valence electrons. The number of urea groups is 1. The van der Waals surface area contributed by atoms with Crippen LogP contribution in [0, 0.1) is 11.3 Å². The minimum absolute atomic E-state index is 0.121. The number of anilines is 1. The van der Waals surface area contributed by atoms with Gasteiger partial charge >= 0.3 is 12.0 Å². The Balaban J connectivity index is 1.63. The third-order valence-corrected chi connectivity index (χ3v) is 8.91. The molecule has 9 heteroatoms. The molecule has 1 fully saturated rings. The first-order valence-corrected chi connectivity index (χ1v) is 13.5. The number of hydrogen-bond donors (Lipinski definition) is 2. The van der Waals surface area contributed by atoms with Crippen LogP contribution in [-0.4, -0.2) is 52.4 Å². The minimum Gasteiger partial charge on any atom is -0.497 e. The lowest BCUT2D eigenvalue weighted by Crippen LogP contribution is -2.45. The Bertz CT molecular complexity index is 953. The molecule has 0 radical (unpaired) electrons. The van der Waals surface area contributed by atoms with Gasteiger partial charge in [0.25, 0.3) is 0 Å². The van der Waals surface area contributed by atoms with Crippen LogP contribution in [0.4, 0.5) is 9.93 Å². The number of rotatable bonds is 10. The number of benzene rings is 1. The van der Waals surface area contributed by atoms with E-state index in [0.29, 0.717) is 23.3 Å². The summed E-state index contributed by atoms with van der Waals surface area (Å²) in [6, 6.07) is 8.08. The van der Waals surface area contributed by atoms with Gasteiger partial charge in [0, 0.05) is 18.3 Å². The number of nitrogens with zero attached hydrogens (tertiary/aromatic N) is 2. The van der Waals surface area contributed by atoms with Gasteiger partial charge in [0.2, 0.25) is 0 Å². The lowest BCUT2D eigenvalue weighted by molar-refractivity contribution is -0.145. The van der Waals surface area contributed by atoms with Gasteiger partial charge in [0.1, 0.15) is 5.75 Å². The van der Waals surface area contributed by atoms with Crippen molar-refractivity contribution in [3.63, 3.8) is 0 Å². The first-order valence-electron chi connectivity index (χ1n) is 11.7. The number of amides is 2. The van der Waals surface area contributed by atoms with Crippen molar-refractivity contribution in [1.82, 2.24) is 9.88 Å². The van der Waals surface area contributed by atoms with Gasteiger partial charge in [0.15, 0.2) is 5.13 Å². The van der Waals surface area contributed by atoms with Crippen molar-refractivity contribution in [1.29, 1.82) is 0 Å². The maximum Gasteiger partial charge on any atom is 0.323 e. The molecule has 1 aromatic carbocycles. The highest BCUT2D eigenvalue weighted by Crippen LogP contribution is 2.34. The fourth-order valence-electron chi connectivity index (χ4n) is 3.91. The maximum absolute atomic E-state index is 13.3. The Kier molecular flexibility index (Phi) is 9.24. The zero-order valence-corrected chi connectivity index (χ0v) is 22.0. The number of aliphatic carboxylic acids is 1. The molecule has 0 saturated heterocycles. The zero-order chi connectivity index (χ0) is 24.7. The Hall–Kier alpha value is -2.26. The molecule has 0 atom stereocenters. The number of nitrogens with one attached hydrogen (secondary N) is 1. The summed E-state index contributed by atoms with van der Waals surface area (Å²) >= 11 is 2.83. The number of aromatic nitrogens is 1. The molecule has 34 heavy (non-hydrogen) atoms. The summed E-state index contributed by atoms with van der Waals surface area (Å²) in [4.78, 5) is 31.0. The third kappa shape index (κ3) is 7.37. The van der Waals surface area contributed by atoms with Crippen LogP contribution in [0.25, 0.3) is 0 Å². The van der Waals surface area contributed by atoms with E-state index in [4.69, 9.17) is 4.74 Å². The van der Waals surface area contributed by atoms with Gasteiger partial charge in [-0.15, -0.1) is 11.8 Å². The van der Waals surface area contributed by atoms with Crippen molar-refractivity contribution >= 4 is 40.2 Å². The number of hydrogen-bond acceptors (Lipinski definition) is 6.